The third kappa shape index (κ3) is 6.93. The first-order chi connectivity index (χ1) is 14.7. The Kier molecular flexibility index (Phi) is 9.36. The summed E-state index contributed by atoms with van der Waals surface area (Å²) in [5.41, 5.74) is 1.08. The first-order valence-corrected chi connectivity index (χ1v) is 11.2. The van der Waals surface area contributed by atoms with Crippen molar-refractivity contribution in [1.82, 2.24) is 10.6 Å². The minimum absolute atomic E-state index is 0.0730. The number of ether oxygens (including phenoxy) is 3. The zero-order chi connectivity index (χ0) is 21.1. The Morgan fingerprint density at radius 1 is 1.10 bits per heavy atom. The van der Waals surface area contributed by atoms with Gasteiger partial charge in [-0.05, 0) is 55.7 Å². The topological polar surface area (TPSA) is 64.1 Å². The van der Waals surface area contributed by atoms with Gasteiger partial charge in [-0.2, -0.15) is 0 Å². The average molecular weight is 422 g/mol. The number of hydrogen-bond donors (Lipinski definition) is 2. The molecule has 0 saturated carbocycles. The van der Waals surface area contributed by atoms with Gasteiger partial charge in [0.1, 0.15) is 5.82 Å². The van der Waals surface area contributed by atoms with E-state index in [-0.39, 0.29) is 11.2 Å². The highest BCUT2D eigenvalue weighted by Gasteiger charge is 2.34. The van der Waals surface area contributed by atoms with Gasteiger partial charge in [-0.1, -0.05) is 12.1 Å². The van der Waals surface area contributed by atoms with Crippen molar-refractivity contribution in [3.8, 4) is 0 Å². The second-order valence-electron chi connectivity index (χ2n) is 8.24. The van der Waals surface area contributed by atoms with Crippen LogP contribution in [0.15, 0.2) is 29.3 Å². The van der Waals surface area contributed by atoms with Crippen LogP contribution in [0.2, 0.25) is 0 Å². The van der Waals surface area contributed by atoms with Crippen LogP contribution in [0.25, 0.3) is 0 Å². The van der Waals surface area contributed by atoms with Crippen molar-refractivity contribution in [2.24, 2.45) is 10.9 Å². The molecule has 0 unspecified atom stereocenters. The van der Waals surface area contributed by atoms with Crippen molar-refractivity contribution in [1.29, 1.82) is 0 Å². The van der Waals surface area contributed by atoms with Crippen LogP contribution < -0.4 is 10.6 Å². The highest BCUT2D eigenvalue weighted by molar-refractivity contribution is 5.79. The van der Waals surface area contributed by atoms with Crippen LogP contribution in [-0.4, -0.2) is 65.7 Å². The first-order valence-electron chi connectivity index (χ1n) is 11.2. The van der Waals surface area contributed by atoms with Crippen molar-refractivity contribution in [3.05, 3.63) is 35.6 Å². The Hall–Kier alpha value is -1.70. The lowest BCUT2D eigenvalue weighted by atomic mass is 9.74. The summed E-state index contributed by atoms with van der Waals surface area (Å²) < 4.78 is 30.2. The van der Waals surface area contributed by atoms with Gasteiger partial charge in [0.25, 0.3) is 0 Å². The van der Waals surface area contributed by atoms with E-state index in [2.05, 4.69) is 15.6 Å². The van der Waals surface area contributed by atoms with Crippen molar-refractivity contribution in [2.45, 2.75) is 37.5 Å². The molecular weight excluding hydrogens is 385 g/mol. The Labute approximate surface area is 179 Å². The number of nitrogens with one attached hydrogen (secondary N) is 2. The van der Waals surface area contributed by atoms with E-state index in [0.717, 1.165) is 96.4 Å². The van der Waals surface area contributed by atoms with Gasteiger partial charge >= 0.3 is 0 Å². The van der Waals surface area contributed by atoms with Gasteiger partial charge in [0.15, 0.2) is 5.96 Å². The van der Waals surface area contributed by atoms with E-state index in [1.807, 2.05) is 12.1 Å². The molecule has 0 aromatic heterocycles. The number of guanidine groups is 1. The summed E-state index contributed by atoms with van der Waals surface area (Å²) in [7, 11) is 1.78. The quantitative estimate of drug-likeness (QED) is 0.365. The molecule has 3 rings (SSSR count). The largest absolute Gasteiger partial charge is 0.381 e. The molecule has 2 fully saturated rings. The molecule has 0 radical (unpaired) electrons. The summed E-state index contributed by atoms with van der Waals surface area (Å²) >= 11 is 0. The summed E-state index contributed by atoms with van der Waals surface area (Å²) in [5.74, 6) is 1.22. The molecule has 168 valence electrons. The molecule has 1 aromatic carbocycles. The number of halogens is 1. The molecule has 0 amide bonds. The molecule has 2 aliphatic heterocycles. The summed E-state index contributed by atoms with van der Waals surface area (Å²) in [6, 6.07) is 6.88. The zero-order valence-corrected chi connectivity index (χ0v) is 18.1. The van der Waals surface area contributed by atoms with E-state index in [1.54, 1.807) is 19.2 Å². The number of benzene rings is 1. The van der Waals surface area contributed by atoms with Gasteiger partial charge in [-0.25, -0.2) is 4.39 Å². The maximum Gasteiger partial charge on any atom is 0.191 e. The summed E-state index contributed by atoms with van der Waals surface area (Å²) in [6.45, 7) is 6.29. The van der Waals surface area contributed by atoms with Crippen molar-refractivity contribution < 1.29 is 18.6 Å². The molecule has 30 heavy (non-hydrogen) atoms. The van der Waals surface area contributed by atoms with Gasteiger partial charge in [-0.3, -0.25) is 4.99 Å². The van der Waals surface area contributed by atoms with Crippen LogP contribution in [0, 0.1) is 11.7 Å². The lowest BCUT2D eigenvalue weighted by molar-refractivity contribution is 0.0203. The summed E-state index contributed by atoms with van der Waals surface area (Å²) in [6.07, 6.45) is 4.96. The number of aliphatic imine (C=N–C) groups is 1. The van der Waals surface area contributed by atoms with E-state index in [9.17, 15) is 4.39 Å². The highest BCUT2D eigenvalue weighted by Crippen LogP contribution is 2.34. The zero-order valence-electron chi connectivity index (χ0n) is 18.1. The number of rotatable bonds is 9. The molecule has 1 aromatic rings. The fourth-order valence-corrected chi connectivity index (χ4v) is 4.15. The fraction of sp³-hybridized carbons (Fsp3) is 0.696. The Balaban J connectivity index is 1.40. The third-order valence-electron chi connectivity index (χ3n) is 6.18. The van der Waals surface area contributed by atoms with E-state index in [0.29, 0.717) is 5.92 Å². The van der Waals surface area contributed by atoms with Crippen molar-refractivity contribution in [3.63, 3.8) is 0 Å². The lowest BCUT2D eigenvalue weighted by Crippen LogP contribution is -2.48. The molecule has 0 atom stereocenters. The Morgan fingerprint density at radius 3 is 2.50 bits per heavy atom. The number of hydrogen-bond acceptors (Lipinski definition) is 4. The van der Waals surface area contributed by atoms with E-state index in [1.165, 1.54) is 0 Å². The van der Waals surface area contributed by atoms with Crippen molar-refractivity contribution >= 4 is 5.96 Å². The minimum Gasteiger partial charge on any atom is -0.381 e. The molecule has 2 N–H and O–H groups in total. The van der Waals surface area contributed by atoms with Crippen LogP contribution >= 0.6 is 0 Å². The van der Waals surface area contributed by atoms with Gasteiger partial charge < -0.3 is 24.8 Å². The van der Waals surface area contributed by atoms with E-state index in [4.69, 9.17) is 14.2 Å². The van der Waals surface area contributed by atoms with Crippen LogP contribution in [0.5, 0.6) is 0 Å². The molecule has 2 heterocycles. The van der Waals surface area contributed by atoms with Gasteiger partial charge in [0, 0.05) is 65.2 Å². The SMILES string of the molecule is CN=C(NCCCOCC1CCOCC1)NCC1(c2ccc(F)cc2)CCOCC1. The summed E-state index contributed by atoms with van der Waals surface area (Å²) in [5, 5.41) is 6.84. The predicted molar refractivity (Wildman–Crippen MR) is 116 cm³/mol. The molecule has 0 bridgehead atoms. The van der Waals surface area contributed by atoms with E-state index >= 15 is 0 Å². The average Bonchev–Trinajstić information content (AvgIpc) is 2.80. The third-order valence-corrected chi connectivity index (χ3v) is 6.18. The van der Waals surface area contributed by atoms with Gasteiger partial charge in [0.2, 0.25) is 0 Å². The fourth-order valence-electron chi connectivity index (χ4n) is 4.15. The number of nitrogens with zero attached hydrogens (tertiary/aromatic N) is 1. The van der Waals surface area contributed by atoms with Crippen LogP contribution in [0.3, 0.4) is 0 Å². The molecule has 2 saturated heterocycles. The normalized spacial score (nSPS) is 20.1. The molecule has 7 heteroatoms. The maximum atomic E-state index is 13.4. The van der Waals surface area contributed by atoms with Crippen LogP contribution in [-0.2, 0) is 19.6 Å². The highest BCUT2D eigenvalue weighted by atomic mass is 19.1. The maximum absolute atomic E-state index is 13.4. The monoisotopic (exact) mass is 421 g/mol. The molecule has 6 nitrogen and oxygen atoms in total. The standard InChI is InChI=1S/C23H36FN3O3/c1-25-22(26-11-2-12-30-17-19-7-13-28-14-8-19)27-18-23(9-15-29-16-10-23)20-3-5-21(24)6-4-20/h3-6,19H,2,7-18H2,1H3,(H2,25,26,27). The van der Waals surface area contributed by atoms with E-state index < -0.39 is 0 Å². The van der Waals surface area contributed by atoms with Gasteiger partial charge in [0.05, 0.1) is 0 Å². The second-order valence-corrected chi connectivity index (χ2v) is 8.24. The van der Waals surface area contributed by atoms with Gasteiger partial charge in [-0.15, -0.1) is 0 Å². The summed E-state index contributed by atoms with van der Waals surface area (Å²) in [4.78, 5) is 4.35. The molecule has 2 aliphatic rings. The smallest absolute Gasteiger partial charge is 0.191 e. The minimum atomic E-state index is -0.203. The molecule has 0 spiro atoms. The Morgan fingerprint density at radius 2 is 1.80 bits per heavy atom. The van der Waals surface area contributed by atoms with Crippen molar-refractivity contribution in [2.75, 3.05) is 59.8 Å². The second kappa shape index (κ2) is 12.2. The van der Waals surface area contributed by atoms with Crippen LogP contribution in [0.4, 0.5) is 4.39 Å². The van der Waals surface area contributed by atoms with Crippen LogP contribution in [0.1, 0.15) is 37.7 Å². The lowest BCUT2D eigenvalue weighted by Gasteiger charge is -2.38. The first kappa shape index (κ1) is 23.0. The molecular formula is C23H36FN3O3. The Bertz CT molecular complexity index is 642. The molecule has 0 aliphatic carbocycles. The predicted octanol–water partition coefficient (Wildman–Crippen LogP) is 2.87.